The molecule has 1 aromatic heterocycles. The smallest absolute Gasteiger partial charge is 0.0523 e. The molecule has 0 saturated heterocycles. The molecule has 1 saturated carbocycles. The molecule has 1 aliphatic rings. The summed E-state index contributed by atoms with van der Waals surface area (Å²) in [6, 6.07) is 4.16. The zero-order valence-corrected chi connectivity index (χ0v) is 11.6. The van der Waals surface area contributed by atoms with Gasteiger partial charge in [-0.3, -0.25) is 4.98 Å². The number of nitrogens with one attached hydrogen (secondary N) is 1. The highest BCUT2D eigenvalue weighted by Gasteiger charge is 2.19. The average Bonchev–Trinajstić information content (AvgIpc) is 2.37. The van der Waals surface area contributed by atoms with Crippen LogP contribution in [0.1, 0.15) is 38.3 Å². The van der Waals surface area contributed by atoms with Crippen molar-refractivity contribution in [1.29, 1.82) is 0 Å². The molecule has 0 aromatic carbocycles. The minimum Gasteiger partial charge on any atom is -0.388 e. The van der Waals surface area contributed by atoms with Crippen LogP contribution in [-0.4, -0.2) is 17.3 Å². The molecule has 1 aliphatic carbocycles. The second-order valence-electron chi connectivity index (χ2n) is 4.99. The largest absolute Gasteiger partial charge is 0.388 e. The standard InChI is InChI=1S/C14H22N2S/c1-11-4-3-5-14(8-11)17-10-13-9-12(15-2)6-7-16-13/h6-7,9,11,14H,3-5,8,10H2,1-2H3,(H,15,16). The molecule has 0 radical (unpaired) electrons. The zero-order chi connectivity index (χ0) is 12.1. The molecule has 2 atom stereocenters. The summed E-state index contributed by atoms with van der Waals surface area (Å²) in [6.45, 7) is 2.38. The van der Waals surface area contributed by atoms with E-state index in [0.717, 1.165) is 22.6 Å². The number of aromatic nitrogens is 1. The maximum Gasteiger partial charge on any atom is 0.0523 e. The third-order valence-corrected chi connectivity index (χ3v) is 4.82. The predicted octanol–water partition coefficient (Wildman–Crippen LogP) is 3.94. The number of pyridine rings is 1. The first-order valence-electron chi connectivity index (χ1n) is 6.52. The van der Waals surface area contributed by atoms with Crippen LogP contribution in [0.25, 0.3) is 0 Å². The van der Waals surface area contributed by atoms with E-state index in [9.17, 15) is 0 Å². The summed E-state index contributed by atoms with van der Waals surface area (Å²) >= 11 is 2.08. The molecule has 2 nitrogen and oxygen atoms in total. The fourth-order valence-electron chi connectivity index (χ4n) is 2.45. The van der Waals surface area contributed by atoms with Crippen molar-refractivity contribution in [3.63, 3.8) is 0 Å². The Morgan fingerprint density at radius 2 is 2.35 bits per heavy atom. The van der Waals surface area contributed by atoms with Crippen molar-refractivity contribution in [1.82, 2.24) is 4.98 Å². The van der Waals surface area contributed by atoms with E-state index in [0.29, 0.717) is 0 Å². The number of hydrogen-bond acceptors (Lipinski definition) is 3. The molecule has 2 unspecified atom stereocenters. The zero-order valence-electron chi connectivity index (χ0n) is 10.8. The Bertz CT molecular complexity index is 354. The fraction of sp³-hybridized carbons (Fsp3) is 0.643. The van der Waals surface area contributed by atoms with Gasteiger partial charge in [0.2, 0.25) is 0 Å². The highest BCUT2D eigenvalue weighted by atomic mass is 32.2. The van der Waals surface area contributed by atoms with Crippen LogP contribution in [0.15, 0.2) is 18.3 Å². The van der Waals surface area contributed by atoms with Gasteiger partial charge >= 0.3 is 0 Å². The first kappa shape index (κ1) is 12.7. The maximum absolute atomic E-state index is 4.43. The summed E-state index contributed by atoms with van der Waals surface area (Å²) in [7, 11) is 1.95. The lowest BCUT2D eigenvalue weighted by Gasteiger charge is -2.26. The molecule has 0 spiro atoms. The average molecular weight is 250 g/mol. The molecule has 1 fully saturated rings. The lowest BCUT2D eigenvalue weighted by molar-refractivity contribution is 0.394. The van der Waals surface area contributed by atoms with E-state index in [1.807, 2.05) is 19.3 Å². The van der Waals surface area contributed by atoms with E-state index in [2.05, 4.69) is 35.1 Å². The van der Waals surface area contributed by atoms with Gasteiger partial charge in [-0.25, -0.2) is 0 Å². The Morgan fingerprint density at radius 3 is 3.12 bits per heavy atom. The topological polar surface area (TPSA) is 24.9 Å². The van der Waals surface area contributed by atoms with Gasteiger partial charge in [0.05, 0.1) is 5.69 Å². The number of nitrogens with zero attached hydrogens (tertiary/aromatic N) is 1. The van der Waals surface area contributed by atoms with Crippen LogP contribution in [0.2, 0.25) is 0 Å². The van der Waals surface area contributed by atoms with E-state index in [-0.39, 0.29) is 0 Å². The second-order valence-corrected chi connectivity index (χ2v) is 6.28. The molecule has 2 rings (SSSR count). The molecule has 1 heterocycles. The van der Waals surface area contributed by atoms with Gasteiger partial charge in [0.1, 0.15) is 0 Å². The predicted molar refractivity (Wildman–Crippen MR) is 76.5 cm³/mol. The first-order valence-corrected chi connectivity index (χ1v) is 7.57. The van der Waals surface area contributed by atoms with Crippen molar-refractivity contribution in [2.75, 3.05) is 12.4 Å². The van der Waals surface area contributed by atoms with Crippen LogP contribution < -0.4 is 5.32 Å². The molecule has 0 aliphatic heterocycles. The van der Waals surface area contributed by atoms with Gasteiger partial charge < -0.3 is 5.32 Å². The van der Waals surface area contributed by atoms with Gasteiger partial charge in [-0.2, -0.15) is 11.8 Å². The number of hydrogen-bond donors (Lipinski definition) is 1. The van der Waals surface area contributed by atoms with Crippen molar-refractivity contribution < 1.29 is 0 Å². The van der Waals surface area contributed by atoms with Gasteiger partial charge in [-0.05, 0) is 30.9 Å². The number of anilines is 1. The molecule has 3 heteroatoms. The molecule has 94 valence electrons. The van der Waals surface area contributed by atoms with E-state index in [4.69, 9.17) is 0 Å². The summed E-state index contributed by atoms with van der Waals surface area (Å²) < 4.78 is 0. The van der Waals surface area contributed by atoms with E-state index in [1.54, 1.807) is 0 Å². The molecule has 1 aromatic rings. The Morgan fingerprint density at radius 1 is 1.47 bits per heavy atom. The van der Waals surface area contributed by atoms with E-state index < -0.39 is 0 Å². The first-order chi connectivity index (χ1) is 8.28. The summed E-state index contributed by atoms with van der Waals surface area (Å²) in [5.41, 5.74) is 2.35. The normalized spacial score (nSPS) is 24.6. The van der Waals surface area contributed by atoms with Gasteiger partial charge in [0, 0.05) is 29.9 Å². The van der Waals surface area contributed by atoms with Crippen molar-refractivity contribution in [2.24, 2.45) is 5.92 Å². The lowest BCUT2D eigenvalue weighted by Crippen LogP contribution is -2.15. The number of thioether (sulfide) groups is 1. The Balaban J connectivity index is 1.84. The van der Waals surface area contributed by atoms with Gasteiger partial charge in [-0.15, -0.1) is 0 Å². The van der Waals surface area contributed by atoms with Crippen molar-refractivity contribution in [3.8, 4) is 0 Å². The molecule has 0 amide bonds. The lowest BCUT2D eigenvalue weighted by atomic mass is 9.91. The third kappa shape index (κ3) is 3.91. The van der Waals surface area contributed by atoms with Crippen LogP contribution in [0.5, 0.6) is 0 Å². The highest BCUT2D eigenvalue weighted by molar-refractivity contribution is 7.99. The summed E-state index contributed by atoms with van der Waals surface area (Å²) in [5.74, 6) is 1.96. The quantitative estimate of drug-likeness (QED) is 0.876. The summed E-state index contributed by atoms with van der Waals surface area (Å²) in [4.78, 5) is 4.43. The number of rotatable bonds is 4. The van der Waals surface area contributed by atoms with Crippen LogP contribution in [0.3, 0.4) is 0 Å². The highest BCUT2D eigenvalue weighted by Crippen LogP contribution is 2.33. The van der Waals surface area contributed by atoms with Gasteiger partial charge in [0.25, 0.3) is 0 Å². The third-order valence-electron chi connectivity index (χ3n) is 3.46. The summed E-state index contributed by atoms with van der Waals surface area (Å²) in [6.07, 6.45) is 7.50. The SMILES string of the molecule is CNc1ccnc(CSC2CCCC(C)C2)c1. The van der Waals surface area contributed by atoms with E-state index in [1.165, 1.54) is 31.4 Å². The second kappa shape index (κ2) is 6.29. The molecule has 1 N–H and O–H groups in total. The van der Waals surface area contributed by atoms with Crippen LogP contribution >= 0.6 is 11.8 Å². The van der Waals surface area contributed by atoms with Crippen LogP contribution in [0.4, 0.5) is 5.69 Å². The Kier molecular flexibility index (Phi) is 4.72. The van der Waals surface area contributed by atoms with E-state index >= 15 is 0 Å². The van der Waals surface area contributed by atoms with Crippen LogP contribution in [0, 0.1) is 5.92 Å². The van der Waals surface area contributed by atoms with Crippen LogP contribution in [-0.2, 0) is 5.75 Å². The molecule has 0 bridgehead atoms. The maximum atomic E-state index is 4.43. The molecular formula is C14H22N2S. The minimum absolute atomic E-state index is 0.846. The van der Waals surface area contributed by atoms with Crippen molar-refractivity contribution in [2.45, 2.75) is 43.6 Å². The fourth-order valence-corrected chi connectivity index (χ4v) is 3.81. The molecule has 17 heavy (non-hydrogen) atoms. The minimum atomic E-state index is 0.846. The summed E-state index contributed by atoms with van der Waals surface area (Å²) in [5, 5.41) is 4.01. The molecular weight excluding hydrogens is 228 g/mol. The monoisotopic (exact) mass is 250 g/mol. The Labute approximate surface area is 109 Å². The van der Waals surface area contributed by atoms with Gasteiger partial charge in [0.15, 0.2) is 0 Å². The van der Waals surface area contributed by atoms with Crippen molar-refractivity contribution >= 4 is 17.4 Å². The van der Waals surface area contributed by atoms with Crippen molar-refractivity contribution in [3.05, 3.63) is 24.0 Å². The Hall–Kier alpha value is -0.700. The van der Waals surface area contributed by atoms with Gasteiger partial charge in [-0.1, -0.05) is 19.8 Å².